The molecule has 18 heavy (non-hydrogen) atoms. The number of hydrogen-bond donors (Lipinski definition) is 0. The van der Waals surface area contributed by atoms with Crippen LogP contribution in [0.25, 0.3) is 0 Å². The van der Waals surface area contributed by atoms with E-state index in [1.807, 2.05) is 0 Å². The second kappa shape index (κ2) is 4.87. The van der Waals surface area contributed by atoms with Gasteiger partial charge in [0.15, 0.2) is 5.82 Å². The Bertz CT molecular complexity index is 587. The number of esters is 1. The molecule has 1 aromatic carbocycles. The third-order valence-corrected chi connectivity index (χ3v) is 2.06. The Balaban J connectivity index is 2.30. The minimum Gasteiger partial charge on any atom is -0.423 e. The first-order valence-electron chi connectivity index (χ1n) is 4.86. The lowest BCUT2D eigenvalue weighted by Crippen LogP contribution is -2.13. The highest BCUT2D eigenvalue weighted by atomic mass is 19.2. The molecule has 0 saturated carbocycles. The second-order valence-corrected chi connectivity index (χ2v) is 3.30. The number of nitrogens with zero attached hydrogens (tertiary/aromatic N) is 1. The lowest BCUT2D eigenvalue weighted by atomic mass is 10.2. The Morgan fingerprint density at radius 1 is 1.11 bits per heavy atom. The quantitative estimate of drug-likeness (QED) is 0.469. The highest BCUT2D eigenvalue weighted by Crippen LogP contribution is 2.15. The van der Waals surface area contributed by atoms with Gasteiger partial charge in [0.25, 0.3) is 5.95 Å². The van der Waals surface area contributed by atoms with Gasteiger partial charge in [0.2, 0.25) is 5.95 Å². The van der Waals surface area contributed by atoms with Crippen LogP contribution in [-0.2, 0) is 0 Å². The number of ether oxygens (including phenoxy) is 1. The van der Waals surface area contributed by atoms with Gasteiger partial charge in [-0.25, -0.2) is 9.18 Å². The van der Waals surface area contributed by atoms with Gasteiger partial charge in [0.1, 0.15) is 11.3 Å². The van der Waals surface area contributed by atoms with E-state index in [0.717, 1.165) is 0 Å². The average Bonchev–Trinajstić information content (AvgIpc) is 2.35. The van der Waals surface area contributed by atoms with Crippen molar-refractivity contribution in [3.63, 3.8) is 0 Å². The van der Waals surface area contributed by atoms with Crippen molar-refractivity contribution in [1.29, 1.82) is 0 Å². The van der Waals surface area contributed by atoms with Crippen molar-refractivity contribution < 1.29 is 22.7 Å². The van der Waals surface area contributed by atoms with Crippen LogP contribution in [0.4, 0.5) is 13.2 Å². The molecule has 1 heterocycles. The largest absolute Gasteiger partial charge is 0.423 e. The molecule has 0 spiro atoms. The number of pyridine rings is 1. The molecule has 0 fully saturated rings. The fraction of sp³-hybridized carbons (Fsp3) is 0. The Morgan fingerprint density at radius 3 is 2.44 bits per heavy atom. The predicted molar refractivity (Wildman–Crippen MR) is 55.5 cm³/mol. The van der Waals surface area contributed by atoms with Gasteiger partial charge in [0, 0.05) is 6.07 Å². The van der Waals surface area contributed by atoms with Crippen LogP contribution < -0.4 is 4.74 Å². The van der Waals surface area contributed by atoms with Crippen molar-refractivity contribution >= 4 is 5.97 Å². The smallest absolute Gasteiger partial charge is 0.346 e. The van der Waals surface area contributed by atoms with E-state index in [9.17, 15) is 18.0 Å². The maximum Gasteiger partial charge on any atom is 0.346 e. The molecule has 0 aliphatic heterocycles. The van der Waals surface area contributed by atoms with Gasteiger partial charge in [0.05, 0.1) is 0 Å². The second-order valence-electron chi connectivity index (χ2n) is 3.30. The van der Waals surface area contributed by atoms with Crippen molar-refractivity contribution in [1.82, 2.24) is 4.98 Å². The molecule has 0 radical (unpaired) electrons. The summed E-state index contributed by atoms with van der Waals surface area (Å²) < 4.78 is 43.6. The van der Waals surface area contributed by atoms with Crippen molar-refractivity contribution in [2.24, 2.45) is 0 Å². The van der Waals surface area contributed by atoms with Crippen LogP contribution in [0.15, 0.2) is 36.4 Å². The van der Waals surface area contributed by atoms with Crippen LogP contribution in [0.1, 0.15) is 10.4 Å². The number of benzene rings is 1. The lowest BCUT2D eigenvalue weighted by Gasteiger charge is -2.05. The number of carbonyl (C=O) groups is 1. The van der Waals surface area contributed by atoms with E-state index < -0.39 is 29.2 Å². The maximum absolute atomic E-state index is 13.2. The topological polar surface area (TPSA) is 39.2 Å². The first kappa shape index (κ1) is 12.1. The normalized spacial score (nSPS) is 10.2. The van der Waals surface area contributed by atoms with Gasteiger partial charge in [-0.3, -0.25) is 0 Å². The van der Waals surface area contributed by atoms with E-state index in [-0.39, 0.29) is 5.75 Å². The molecule has 0 unspecified atom stereocenters. The van der Waals surface area contributed by atoms with Crippen LogP contribution in [-0.4, -0.2) is 11.0 Å². The van der Waals surface area contributed by atoms with Gasteiger partial charge >= 0.3 is 5.97 Å². The number of para-hydroxylation sites is 1. The van der Waals surface area contributed by atoms with E-state index in [1.165, 1.54) is 12.1 Å². The number of halogens is 3. The monoisotopic (exact) mass is 253 g/mol. The number of carbonyl (C=O) groups excluding carboxylic acids is 1. The molecule has 6 heteroatoms. The molecule has 0 aliphatic carbocycles. The Hall–Kier alpha value is -2.37. The zero-order chi connectivity index (χ0) is 13.1. The van der Waals surface area contributed by atoms with Crippen LogP contribution >= 0.6 is 0 Å². The molecular formula is C12H6F3NO2. The number of aromatic nitrogens is 1. The summed E-state index contributed by atoms with van der Waals surface area (Å²) in [4.78, 5) is 14.1. The van der Waals surface area contributed by atoms with E-state index in [1.54, 1.807) is 18.2 Å². The fourth-order valence-corrected chi connectivity index (χ4v) is 1.27. The van der Waals surface area contributed by atoms with Gasteiger partial charge < -0.3 is 4.74 Å². The summed E-state index contributed by atoms with van der Waals surface area (Å²) in [5.74, 6) is -5.58. The maximum atomic E-state index is 13.2. The van der Waals surface area contributed by atoms with Gasteiger partial charge in [-0.2, -0.15) is 13.8 Å². The third-order valence-electron chi connectivity index (χ3n) is 2.06. The van der Waals surface area contributed by atoms with E-state index in [2.05, 4.69) is 4.98 Å². The van der Waals surface area contributed by atoms with Crippen LogP contribution in [0.2, 0.25) is 0 Å². The van der Waals surface area contributed by atoms with Gasteiger partial charge in [-0.15, -0.1) is 0 Å². The first-order chi connectivity index (χ1) is 8.58. The summed E-state index contributed by atoms with van der Waals surface area (Å²) in [5, 5.41) is 0. The molecule has 2 rings (SSSR count). The molecule has 3 nitrogen and oxygen atoms in total. The van der Waals surface area contributed by atoms with E-state index in [4.69, 9.17) is 4.74 Å². The highest BCUT2D eigenvalue weighted by Gasteiger charge is 2.20. The highest BCUT2D eigenvalue weighted by molar-refractivity contribution is 5.91. The molecule has 0 atom stereocenters. The average molecular weight is 253 g/mol. The third kappa shape index (κ3) is 2.48. The standard InChI is InChI=1S/C12H6F3NO2/c13-9-6-8(10(14)11(15)16-9)12(17)18-7-4-2-1-3-5-7/h1-6H. The Kier molecular flexibility index (Phi) is 3.27. The summed E-state index contributed by atoms with van der Waals surface area (Å²) in [6.45, 7) is 0. The minimum absolute atomic E-state index is 0.138. The lowest BCUT2D eigenvalue weighted by molar-refractivity contribution is 0.0727. The molecule has 92 valence electrons. The zero-order valence-corrected chi connectivity index (χ0v) is 8.86. The number of hydrogen-bond acceptors (Lipinski definition) is 3. The first-order valence-corrected chi connectivity index (χ1v) is 4.86. The van der Waals surface area contributed by atoms with Crippen LogP contribution in [0.5, 0.6) is 5.75 Å². The molecule has 0 amide bonds. The zero-order valence-electron chi connectivity index (χ0n) is 8.86. The summed E-state index contributed by atoms with van der Waals surface area (Å²) in [5.41, 5.74) is -0.844. The molecule has 0 bridgehead atoms. The van der Waals surface area contributed by atoms with Gasteiger partial charge in [-0.1, -0.05) is 18.2 Å². The van der Waals surface area contributed by atoms with Crippen molar-refractivity contribution in [2.45, 2.75) is 0 Å². The summed E-state index contributed by atoms with van der Waals surface area (Å²) in [7, 11) is 0. The summed E-state index contributed by atoms with van der Waals surface area (Å²) >= 11 is 0. The SMILES string of the molecule is O=C(Oc1ccccc1)c1cc(F)nc(F)c1F. The minimum atomic E-state index is -1.69. The molecule has 0 aliphatic rings. The van der Waals surface area contributed by atoms with E-state index >= 15 is 0 Å². The van der Waals surface area contributed by atoms with Crippen LogP contribution in [0.3, 0.4) is 0 Å². The van der Waals surface area contributed by atoms with Crippen molar-refractivity contribution in [3.8, 4) is 5.75 Å². The molecule has 0 N–H and O–H groups in total. The predicted octanol–water partition coefficient (Wildman–Crippen LogP) is 2.72. The van der Waals surface area contributed by atoms with E-state index in [0.29, 0.717) is 6.07 Å². The Labute approximate surface area is 99.8 Å². The molecule has 0 saturated heterocycles. The Morgan fingerprint density at radius 2 is 1.78 bits per heavy atom. The fourth-order valence-electron chi connectivity index (χ4n) is 1.27. The number of rotatable bonds is 2. The van der Waals surface area contributed by atoms with Crippen molar-refractivity contribution in [2.75, 3.05) is 0 Å². The van der Waals surface area contributed by atoms with Gasteiger partial charge in [-0.05, 0) is 12.1 Å². The van der Waals surface area contributed by atoms with Crippen molar-refractivity contribution in [3.05, 3.63) is 59.7 Å². The molecule has 1 aromatic heterocycles. The summed E-state index contributed by atoms with van der Waals surface area (Å²) in [6.07, 6.45) is 0. The molecular weight excluding hydrogens is 247 g/mol. The molecule has 2 aromatic rings. The van der Waals surface area contributed by atoms with Crippen LogP contribution in [0, 0.1) is 17.7 Å². The summed E-state index contributed by atoms with van der Waals surface area (Å²) in [6, 6.07) is 8.24.